The Bertz CT molecular complexity index is 864. The van der Waals surface area contributed by atoms with Crippen molar-refractivity contribution in [3.8, 4) is 10.6 Å². The van der Waals surface area contributed by atoms with Crippen LogP contribution in [0.2, 0.25) is 0 Å². The molecule has 0 unspecified atom stereocenters. The molecule has 0 amide bonds. The van der Waals surface area contributed by atoms with Crippen LogP contribution in [0.3, 0.4) is 0 Å². The van der Waals surface area contributed by atoms with Crippen LogP contribution in [0.25, 0.3) is 10.6 Å². The normalized spacial score (nSPS) is 14.2. The van der Waals surface area contributed by atoms with Crippen LogP contribution in [0.15, 0.2) is 34.8 Å². The lowest BCUT2D eigenvalue weighted by Crippen LogP contribution is -2.04. The zero-order valence-electron chi connectivity index (χ0n) is 14.6. The van der Waals surface area contributed by atoms with Crippen LogP contribution in [-0.2, 0) is 12.3 Å². The van der Waals surface area contributed by atoms with Gasteiger partial charge in [0.25, 0.3) is 0 Å². The third-order valence-corrected chi connectivity index (χ3v) is 6.34. The van der Waals surface area contributed by atoms with E-state index in [1.54, 1.807) is 23.1 Å². The molecule has 0 saturated heterocycles. The molecule has 4 nitrogen and oxygen atoms in total. The van der Waals surface area contributed by atoms with Crippen LogP contribution in [0.1, 0.15) is 49.2 Å². The molecule has 1 aromatic carbocycles. The van der Waals surface area contributed by atoms with Crippen LogP contribution >= 0.6 is 23.1 Å². The third kappa shape index (κ3) is 3.65. The fraction of sp³-hybridized carbons (Fsp3) is 0.421. The highest BCUT2D eigenvalue weighted by Gasteiger charge is 2.30. The van der Waals surface area contributed by atoms with Gasteiger partial charge in [0.1, 0.15) is 10.8 Å². The SMILES string of the molecule is CCCn1c(SCc2csc(-c3ccccc3C)n2)nnc1C1CC1. The van der Waals surface area contributed by atoms with Crippen LogP contribution < -0.4 is 0 Å². The Hall–Kier alpha value is -1.66. The van der Waals surface area contributed by atoms with Crippen LogP contribution in [-0.4, -0.2) is 19.7 Å². The molecule has 1 saturated carbocycles. The summed E-state index contributed by atoms with van der Waals surface area (Å²) >= 11 is 3.47. The first-order chi connectivity index (χ1) is 12.3. The van der Waals surface area contributed by atoms with E-state index in [0.717, 1.165) is 34.6 Å². The van der Waals surface area contributed by atoms with Crippen molar-refractivity contribution in [3.63, 3.8) is 0 Å². The summed E-state index contributed by atoms with van der Waals surface area (Å²) in [5.41, 5.74) is 3.62. The van der Waals surface area contributed by atoms with Crippen molar-refractivity contribution in [3.05, 3.63) is 46.7 Å². The Morgan fingerprint density at radius 3 is 2.84 bits per heavy atom. The van der Waals surface area contributed by atoms with E-state index in [1.807, 2.05) is 0 Å². The van der Waals surface area contributed by atoms with Gasteiger partial charge in [0.05, 0.1) is 5.69 Å². The van der Waals surface area contributed by atoms with E-state index in [2.05, 4.69) is 58.3 Å². The predicted octanol–water partition coefficient (Wildman–Crippen LogP) is 5.29. The summed E-state index contributed by atoms with van der Waals surface area (Å²) in [7, 11) is 0. The van der Waals surface area contributed by atoms with Crippen molar-refractivity contribution in [1.29, 1.82) is 0 Å². The van der Waals surface area contributed by atoms with Crippen LogP contribution in [0.5, 0.6) is 0 Å². The molecule has 0 radical (unpaired) electrons. The molecule has 2 aromatic heterocycles. The average Bonchev–Trinajstić information content (AvgIpc) is 3.22. The maximum Gasteiger partial charge on any atom is 0.191 e. The summed E-state index contributed by atoms with van der Waals surface area (Å²) in [6, 6.07) is 8.43. The van der Waals surface area contributed by atoms with Crippen molar-refractivity contribution in [2.45, 2.75) is 56.5 Å². The van der Waals surface area contributed by atoms with E-state index >= 15 is 0 Å². The third-order valence-electron chi connectivity index (χ3n) is 4.41. The molecule has 0 spiro atoms. The molecule has 1 fully saturated rings. The first-order valence-electron chi connectivity index (χ1n) is 8.82. The smallest absolute Gasteiger partial charge is 0.191 e. The first-order valence-corrected chi connectivity index (χ1v) is 10.7. The monoisotopic (exact) mass is 370 g/mol. The summed E-state index contributed by atoms with van der Waals surface area (Å²) in [6.07, 6.45) is 3.64. The highest BCUT2D eigenvalue weighted by Crippen LogP contribution is 2.40. The van der Waals surface area contributed by atoms with Gasteiger partial charge in [-0.15, -0.1) is 21.5 Å². The van der Waals surface area contributed by atoms with E-state index in [4.69, 9.17) is 4.98 Å². The van der Waals surface area contributed by atoms with Gasteiger partial charge >= 0.3 is 0 Å². The van der Waals surface area contributed by atoms with E-state index in [0.29, 0.717) is 5.92 Å². The van der Waals surface area contributed by atoms with E-state index in [-0.39, 0.29) is 0 Å². The first kappa shape index (κ1) is 16.8. The average molecular weight is 371 g/mol. The zero-order chi connectivity index (χ0) is 17.2. The largest absolute Gasteiger partial charge is 0.306 e. The van der Waals surface area contributed by atoms with Crippen molar-refractivity contribution >= 4 is 23.1 Å². The summed E-state index contributed by atoms with van der Waals surface area (Å²) < 4.78 is 2.32. The number of nitrogens with zero attached hydrogens (tertiary/aromatic N) is 4. The summed E-state index contributed by atoms with van der Waals surface area (Å²) in [4.78, 5) is 4.83. The summed E-state index contributed by atoms with van der Waals surface area (Å²) in [5.74, 6) is 2.66. The molecular formula is C19H22N4S2. The second kappa shape index (κ2) is 7.30. The molecule has 130 valence electrons. The van der Waals surface area contributed by atoms with Gasteiger partial charge in [-0.1, -0.05) is 43.0 Å². The number of hydrogen-bond acceptors (Lipinski definition) is 5. The Labute approximate surface area is 156 Å². The van der Waals surface area contributed by atoms with Gasteiger partial charge in [-0.3, -0.25) is 0 Å². The van der Waals surface area contributed by atoms with Gasteiger partial charge in [0.2, 0.25) is 0 Å². The van der Waals surface area contributed by atoms with Crippen molar-refractivity contribution in [2.24, 2.45) is 0 Å². The molecule has 6 heteroatoms. The molecule has 0 atom stereocenters. The van der Waals surface area contributed by atoms with Crippen molar-refractivity contribution in [1.82, 2.24) is 19.7 Å². The summed E-state index contributed by atoms with van der Waals surface area (Å²) in [6.45, 7) is 5.35. The minimum atomic E-state index is 0.639. The molecule has 0 bridgehead atoms. The molecule has 2 heterocycles. The van der Waals surface area contributed by atoms with Gasteiger partial charge in [-0.25, -0.2) is 4.98 Å². The predicted molar refractivity (Wildman–Crippen MR) is 104 cm³/mol. The Morgan fingerprint density at radius 2 is 2.08 bits per heavy atom. The van der Waals surface area contributed by atoms with Crippen molar-refractivity contribution < 1.29 is 0 Å². The number of benzene rings is 1. The number of hydrogen-bond donors (Lipinski definition) is 0. The quantitative estimate of drug-likeness (QED) is 0.530. The lowest BCUT2D eigenvalue weighted by Gasteiger charge is -2.07. The Kier molecular flexibility index (Phi) is 4.90. The zero-order valence-corrected chi connectivity index (χ0v) is 16.2. The lowest BCUT2D eigenvalue weighted by atomic mass is 10.1. The molecule has 1 aliphatic rings. The number of aryl methyl sites for hydroxylation is 1. The van der Waals surface area contributed by atoms with E-state index in [9.17, 15) is 0 Å². The molecule has 0 aliphatic heterocycles. The Balaban J connectivity index is 1.48. The number of thiazole rings is 1. The molecule has 4 rings (SSSR count). The molecule has 25 heavy (non-hydrogen) atoms. The van der Waals surface area contributed by atoms with E-state index in [1.165, 1.54) is 29.8 Å². The lowest BCUT2D eigenvalue weighted by molar-refractivity contribution is 0.592. The highest BCUT2D eigenvalue weighted by molar-refractivity contribution is 7.98. The number of thioether (sulfide) groups is 1. The molecule has 3 aromatic rings. The second-order valence-corrected chi connectivity index (χ2v) is 8.31. The van der Waals surface area contributed by atoms with Crippen LogP contribution in [0, 0.1) is 6.92 Å². The molecule has 0 N–H and O–H groups in total. The standard InChI is InChI=1S/C19H22N4S2/c1-3-10-23-17(14-8-9-14)21-22-19(23)25-12-15-11-24-18(20-15)16-7-5-4-6-13(16)2/h4-7,11,14H,3,8-10,12H2,1-2H3. The highest BCUT2D eigenvalue weighted by atomic mass is 32.2. The summed E-state index contributed by atoms with van der Waals surface area (Å²) in [5, 5.41) is 13.2. The van der Waals surface area contributed by atoms with E-state index < -0.39 is 0 Å². The van der Waals surface area contributed by atoms with Crippen molar-refractivity contribution in [2.75, 3.05) is 0 Å². The van der Waals surface area contributed by atoms with Crippen LogP contribution in [0.4, 0.5) is 0 Å². The fourth-order valence-corrected chi connectivity index (χ4v) is 4.81. The number of rotatable bonds is 7. The second-order valence-electron chi connectivity index (χ2n) is 6.51. The van der Waals surface area contributed by atoms with Gasteiger partial charge in [0.15, 0.2) is 5.16 Å². The van der Waals surface area contributed by atoms with Gasteiger partial charge in [0, 0.05) is 29.2 Å². The fourth-order valence-electron chi connectivity index (χ4n) is 2.93. The minimum absolute atomic E-state index is 0.639. The molecular weight excluding hydrogens is 348 g/mol. The maximum absolute atomic E-state index is 4.83. The van der Waals surface area contributed by atoms with Gasteiger partial charge in [-0.2, -0.15) is 0 Å². The van der Waals surface area contributed by atoms with Gasteiger partial charge < -0.3 is 4.57 Å². The Morgan fingerprint density at radius 1 is 1.24 bits per heavy atom. The number of aromatic nitrogens is 4. The molecule has 1 aliphatic carbocycles. The maximum atomic E-state index is 4.83. The topological polar surface area (TPSA) is 43.6 Å². The minimum Gasteiger partial charge on any atom is -0.306 e. The van der Waals surface area contributed by atoms with Gasteiger partial charge in [-0.05, 0) is 31.7 Å².